The van der Waals surface area contributed by atoms with Crippen LogP contribution in [0.5, 0.6) is 5.75 Å². The zero-order valence-corrected chi connectivity index (χ0v) is 17.5. The maximum atomic E-state index is 12.4. The minimum atomic E-state index is -3.39. The van der Waals surface area contributed by atoms with Gasteiger partial charge in [0.2, 0.25) is 10.0 Å². The molecule has 7 nitrogen and oxygen atoms in total. The van der Waals surface area contributed by atoms with Crippen LogP contribution in [-0.2, 0) is 16.6 Å². The highest BCUT2D eigenvalue weighted by molar-refractivity contribution is 7.92. The van der Waals surface area contributed by atoms with Gasteiger partial charge in [0, 0.05) is 30.9 Å². The van der Waals surface area contributed by atoms with E-state index in [1.54, 1.807) is 18.2 Å². The topological polar surface area (TPSA) is 87.7 Å². The molecule has 29 heavy (non-hydrogen) atoms. The number of sulfonamides is 1. The Kier molecular flexibility index (Phi) is 6.76. The summed E-state index contributed by atoms with van der Waals surface area (Å²) in [6.07, 6.45) is 3.38. The summed E-state index contributed by atoms with van der Waals surface area (Å²) in [5, 5.41) is 2.85. The summed E-state index contributed by atoms with van der Waals surface area (Å²) < 4.78 is 31.1. The minimum absolute atomic E-state index is 0.254. The first kappa shape index (κ1) is 21.1. The molecule has 2 aromatic rings. The molecule has 0 radical (unpaired) electrons. The number of ether oxygens (including phenoxy) is 1. The number of carbonyl (C=O) groups is 1. The van der Waals surface area contributed by atoms with Crippen molar-refractivity contribution in [1.82, 2.24) is 10.2 Å². The Balaban J connectivity index is 1.52. The van der Waals surface area contributed by atoms with Crippen LogP contribution < -0.4 is 14.8 Å². The number of benzene rings is 2. The van der Waals surface area contributed by atoms with Gasteiger partial charge in [-0.25, -0.2) is 8.42 Å². The fourth-order valence-corrected chi connectivity index (χ4v) is 3.76. The predicted molar refractivity (Wildman–Crippen MR) is 114 cm³/mol. The van der Waals surface area contributed by atoms with E-state index in [9.17, 15) is 13.2 Å². The number of likely N-dealkylation sites (tertiary alicyclic amines) is 1. The SMILES string of the molecule is CN1CCC(Oc2ccc(CNC(=O)c3cccc(NS(C)(=O)=O)c3)cc2)CC1. The van der Waals surface area contributed by atoms with Gasteiger partial charge in [-0.05, 0) is 55.8 Å². The summed E-state index contributed by atoms with van der Waals surface area (Å²) >= 11 is 0. The van der Waals surface area contributed by atoms with E-state index < -0.39 is 10.0 Å². The van der Waals surface area contributed by atoms with E-state index in [0.717, 1.165) is 43.5 Å². The van der Waals surface area contributed by atoms with E-state index in [1.165, 1.54) is 6.07 Å². The minimum Gasteiger partial charge on any atom is -0.490 e. The number of nitrogens with one attached hydrogen (secondary N) is 2. The lowest BCUT2D eigenvalue weighted by molar-refractivity contribution is 0.0951. The fraction of sp³-hybridized carbons (Fsp3) is 0.381. The number of carbonyl (C=O) groups excluding carboxylic acids is 1. The first-order chi connectivity index (χ1) is 13.8. The van der Waals surface area contributed by atoms with Crippen LogP contribution in [0.25, 0.3) is 0 Å². The van der Waals surface area contributed by atoms with Crippen molar-refractivity contribution in [3.05, 3.63) is 59.7 Å². The van der Waals surface area contributed by atoms with Crippen molar-refractivity contribution in [3.8, 4) is 5.75 Å². The van der Waals surface area contributed by atoms with Gasteiger partial charge in [0.05, 0.1) is 6.26 Å². The van der Waals surface area contributed by atoms with E-state index in [1.807, 2.05) is 24.3 Å². The lowest BCUT2D eigenvalue weighted by Crippen LogP contribution is -2.35. The first-order valence-electron chi connectivity index (χ1n) is 9.59. The van der Waals surface area contributed by atoms with Crippen LogP contribution in [0.2, 0.25) is 0 Å². The lowest BCUT2D eigenvalue weighted by atomic mass is 10.1. The van der Waals surface area contributed by atoms with Crippen LogP contribution in [0.4, 0.5) is 5.69 Å². The average molecular weight is 418 g/mol. The molecule has 1 aliphatic heterocycles. The molecule has 0 aromatic heterocycles. The molecule has 3 rings (SSSR count). The quantitative estimate of drug-likeness (QED) is 0.723. The number of nitrogens with zero attached hydrogens (tertiary/aromatic N) is 1. The van der Waals surface area contributed by atoms with Crippen LogP contribution in [0.1, 0.15) is 28.8 Å². The zero-order valence-electron chi connectivity index (χ0n) is 16.7. The molecule has 1 fully saturated rings. The van der Waals surface area contributed by atoms with E-state index in [-0.39, 0.29) is 12.0 Å². The van der Waals surface area contributed by atoms with Crippen molar-refractivity contribution in [1.29, 1.82) is 0 Å². The second-order valence-corrected chi connectivity index (χ2v) is 9.15. The van der Waals surface area contributed by atoms with E-state index >= 15 is 0 Å². The molecule has 1 aliphatic rings. The highest BCUT2D eigenvalue weighted by Gasteiger charge is 2.17. The second kappa shape index (κ2) is 9.28. The van der Waals surface area contributed by atoms with Gasteiger partial charge in [0.1, 0.15) is 11.9 Å². The molecule has 0 unspecified atom stereocenters. The summed E-state index contributed by atoms with van der Waals surface area (Å²) in [6.45, 7) is 2.47. The summed E-state index contributed by atoms with van der Waals surface area (Å²) in [4.78, 5) is 14.7. The highest BCUT2D eigenvalue weighted by Crippen LogP contribution is 2.19. The third kappa shape index (κ3) is 6.76. The Morgan fingerprint density at radius 3 is 2.48 bits per heavy atom. The maximum Gasteiger partial charge on any atom is 0.251 e. The molecule has 0 saturated carbocycles. The third-order valence-corrected chi connectivity index (χ3v) is 5.38. The Bertz CT molecular complexity index is 937. The average Bonchev–Trinajstić information content (AvgIpc) is 2.68. The monoisotopic (exact) mass is 417 g/mol. The van der Waals surface area contributed by atoms with Gasteiger partial charge < -0.3 is 15.0 Å². The summed E-state index contributed by atoms with van der Waals surface area (Å²) in [5.74, 6) is 0.572. The molecule has 0 spiro atoms. The maximum absolute atomic E-state index is 12.4. The molecule has 156 valence electrons. The number of hydrogen-bond acceptors (Lipinski definition) is 5. The molecule has 0 atom stereocenters. The number of anilines is 1. The van der Waals surface area contributed by atoms with Gasteiger partial charge in [-0.15, -0.1) is 0 Å². The highest BCUT2D eigenvalue weighted by atomic mass is 32.2. The Hall–Kier alpha value is -2.58. The molecule has 1 heterocycles. The second-order valence-electron chi connectivity index (χ2n) is 7.40. The van der Waals surface area contributed by atoms with Gasteiger partial charge in [0.15, 0.2) is 0 Å². The Morgan fingerprint density at radius 2 is 1.83 bits per heavy atom. The van der Waals surface area contributed by atoms with E-state index in [0.29, 0.717) is 17.8 Å². The van der Waals surface area contributed by atoms with Crippen molar-refractivity contribution >= 4 is 21.6 Å². The molecule has 2 N–H and O–H groups in total. The molecule has 0 aliphatic carbocycles. The summed E-state index contributed by atoms with van der Waals surface area (Å²) in [7, 11) is -1.27. The molecular formula is C21H27N3O4S. The number of hydrogen-bond donors (Lipinski definition) is 2. The fourth-order valence-electron chi connectivity index (χ4n) is 3.20. The standard InChI is InChI=1S/C21H27N3O4S/c1-24-12-10-20(11-13-24)28-19-8-6-16(7-9-19)15-22-21(25)17-4-3-5-18(14-17)23-29(2,26)27/h3-9,14,20,23H,10-13,15H2,1-2H3,(H,22,25). The molecule has 2 aromatic carbocycles. The van der Waals surface area contributed by atoms with Crippen molar-refractivity contribution in [2.45, 2.75) is 25.5 Å². The number of rotatable bonds is 7. The predicted octanol–water partition coefficient (Wildman–Crippen LogP) is 2.46. The van der Waals surface area contributed by atoms with Crippen LogP contribution in [-0.4, -0.2) is 51.7 Å². The molecular weight excluding hydrogens is 390 g/mol. The van der Waals surface area contributed by atoms with Crippen molar-refractivity contribution in [2.24, 2.45) is 0 Å². The van der Waals surface area contributed by atoms with Gasteiger partial charge in [-0.1, -0.05) is 18.2 Å². The number of amides is 1. The van der Waals surface area contributed by atoms with Crippen LogP contribution in [0.3, 0.4) is 0 Å². The van der Waals surface area contributed by atoms with Crippen LogP contribution >= 0.6 is 0 Å². The number of piperidine rings is 1. The molecule has 1 amide bonds. The third-order valence-electron chi connectivity index (χ3n) is 4.77. The van der Waals surface area contributed by atoms with Crippen molar-refractivity contribution in [3.63, 3.8) is 0 Å². The van der Waals surface area contributed by atoms with Crippen LogP contribution in [0.15, 0.2) is 48.5 Å². The first-order valence-corrected chi connectivity index (χ1v) is 11.5. The van der Waals surface area contributed by atoms with E-state index in [2.05, 4.69) is 22.0 Å². The van der Waals surface area contributed by atoms with E-state index in [4.69, 9.17) is 4.74 Å². The molecule has 8 heteroatoms. The van der Waals surface area contributed by atoms with Gasteiger partial charge >= 0.3 is 0 Å². The smallest absolute Gasteiger partial charge is 0.251 e. The molecule has 1 saturated heterocycles. The Labute approximate surface area is 172 Å². The van der Waals surface area contributed by atoms with Gasteiger partial charge in [-0.2, -0.15) is 0 Å². The van der Waals surface area contributed by atoms with Crippen molar-refractivity contribution < 1.29 is 17.9 Å². The normalized spacial score (nSPS) is 15.7. The van der Waals surface area contributed by atoms with Crippen molar-refractivity contribution in [2.75, 3.05) is 31.1 Å². The molecule has 0 bridgehead atoms. The van der Waals surface area contributed by atoms with Gasteiger partial charge in [0.25, 0.3) is 5.91 Å². The Morgan fingerprint density at radius 1 is 1.14 bits per heavy atom. The lowest BCUT2D eigenvalue weighted by Gasteiger charge is -2.29. The summed E-state index contributed by atoms with van der Waals surface area (Å²) in [5.41, 5.74) is 1.70. The largest absolute Gasteiger partial charge is 0.490 e. The van der Waals surface area contributed by atoms with Crippen LogP contribution in [0, 0.1) is 0 Å². The summed E-state index contributed by atoms with van der Waals surface area (Å²) in [6, 6.07) is 14.1. The zero-order chi connectivity index (χ0) is 20.9. The van der Waals surface area contributed by atoms with Gasteiger partial charge in [-0.3, -0.25) is 9.52 Å².